The molecule has 4 rings (SSSR count). The highest BCUT2D eigenvalue weighted by atomic mass is 35.5. The predicted octanol–water partition coefficient (Wildman–Crippen LogP) is 17.2. The lowest BCUT2D eigenvalue weighted by molar-refractivity contribution is -0.159. The lowest BCUT2D eigenvalue weighted by Gasteiger charge is -2.37. The van der Waals surface area contributed by atoms with Crippen molar-refractivity contribution in [1.82, 2.24) is 26.6 Å². The average Bonchev–Trinajstić information content (AvgIpc) is 0.747. The van der Waals surface area contributed by atoms with E-state index in [9.17, 15) is 38.1 Å². The highest BCUT2D eigenvalue weighted by Gasteiger charge is 2.44. The van der Waals surface area contributed by atoms with Crippen molar-refractivity contribution in [3.05, 3.63) is 143 Å². The molecule has 0 fully saturated rings. The van der Waals surface area contributed by atoms with Gasteiger partial charge < -0.3 is 54.6 Å². The van der Waals surface area contributed by atoms with Gasteiger partial charge in [-0.3, -0.25) is 18.9 Å². The van der Waals surface area contributed by atoms with E-state index in [0.717, 1.165) is 50.5 Å². The van der Waals surface area contributed by atoms with Crippen molar-refractivity contribution >= 4 is 61.0 Å². The first kappa shape index (κ1) is 84.6. The van der Waals surface area contributed by atoms with E-state index in [1.807, 2.05) is 139 Å². The molecule has 0 heterocycles. The Kier molecular flexibility index (Phi) is 36.9. The van der Waals surface area contributed by atoms with E-state index in [1.54, 1.807) is 59.7 Å². The molecule has 4 aromatic rings. The van der Waals surface area contributed by atoms with Gasteiger partial charge in [-0.25, -0.2) is 19.2 Å². The molecule has 550 valence electrons. The Morgan fingerprint density at radius 1 is 0.414 bits per heavy atom. The molecule has 0 unspecified atom stereocenters. The number of carbonyl (C=O) groups excluding carboxylic acids is 7. The summed E-state index contributed by atoms with van der Waals surface area (Å²) in [5, 5.41) is 14.4. The molecule has 0 aromatic heterocycles. The van der Waals surface area contributed by atoms with Crippen LogP contribution in [-0.4, -0.2) is 102 Å². The molecule has 0 spiro atoms. The Balaban J connectivity index is 1.23. The van der Waals surface area contributed by atoms with Crippen LogP contribution in [0.1, 0.15) is 253 Å². The first-order valence-electron chi connectivity index (χ1n) is 35.9. The maximum absolute atomic E-state index is 14.8. The van der Waals surface area contributed by atoms with Crippen molar-refractivity contribution in [2.24, 2.45) is 0 Å². The molecule has 0 aliphatic carbocycles. The van der Waals surface area contributed by atoms with Crippen LogP contribution in [0.15, 0.2) is 115 Å². The summed E-state index contributed by atoms with van der Waals surface area (Å²) < 4.78 is 48.7. The molecule has 4 aromatic carbocycles. The van der Waals surface area contributed by atoms with E-state index >= 15 is 0 Å². The van der Waals surface area contributed by atoms with E-state index in [1.165, 1.54) is 38.5 Å². The van der Waals surface area contributed by atoms with Crippen molar-refractivity contribution in [1.29, 1.82) is 0 Å². The van der Waals surface area contributed by atoms with Gasteiger partial charge in [0.25, 0.3) is 0 Å². The van der Waals surface area contributed by atoms with Crippen LogP contribution >= 0.6 is 19.2 Å². The highest BCUT2D eigenvalue weighted by Crippen LogP contribution is 2.55. The number of hydrogen-bond acceptors (Lipinski definition) is 14. The zero-order chi connectivity index (χ0) is 73.0. The van der Waals surface area contributed by atoms with Gasteiger partial charge in [-0.05, 0) is 153 Å². The molecule has 5 N–H and O–H groups in total. The third-order valence-electron chi connectivity index (χ3n) is 15.7. The van der Waals surface area contributed by atoms with Crippen LogP contribution in [0.4, 0.5) is 9.59 Å². The SMILES string of the molecule is CC(C)(C)OC(=O)N[C@@H](CCCCNC(=O)CC[C@H](NC(=O)CCCCCCCCCCCCCCCCP(=O)(OC(C)(C)C)OC(C)(C)C)C(=O)OC(C)(C)C)C(=O)NCCCC[C@H](NC(=O)OCc1ccccc1)C(=O)OC(c1ccccc1)(c1ccccc1)c1ccccc1Cl. The number of nitrogens with one attached hydrogen (secondary N) is 5. The summed E-state index contributed by atoms with van der Waals surface area (Å²) in [6.45, 7) is 22.2. The summed E-state index contributed by atoms with van der Waals surface area (Å²) in [6, 6.07) is 31.5. The predicted molar refractivity (Wildman–Crippen MR) is 391 cm³/mol. The number of alkyl carbamates (subject to hydrolysis) is 2. The second-order valence-corrected chi connectivity index (χ2v) is 32.0. The fourth-order valence-corrected chi connectivity index (χ4v) is 14.0. The van der Waals surface area contributed by atoms with Crippen molar-refractivity contribution in [2.75, 3.05) is 19.3 Å². The van der Waals surface area contributed by atoms with Crippen LogP contribution in [0.2, 0.25) is 5.02 Å². The molecule has 99 heavy (non-hydrogen) atoms. The molecule has 0 saturated carbocycles. The highest BCUT2D eigenvalue weighted by molar-refractivity contribution is 7.53. The van der Waals surface area contributed by atoms with Crippen LogP contribution in [0.3, 0.4) is 0 Å². The third-order valence-corrected chi connectivity index (χ3v) is 18.6. The van der Waals surface area contributed by atoms with Gasteiger partial charge in [-0.15, -0.1) is 0 Å². The topological polar surface area (TPSA) is 252 Å². The second kappa shape index (κ2) is 43.1. The Morgan fingerprint density at radius 2 is 0.848 bits per heavy atom. The fourth-order valence-electron chi connectivity index (χ4n) is 11.3. The molecular formula is C78H117ClN5O14P. The van der Waals surface area contributed by atoms with Gasteiger partial charge in [0.05, 0.1) is 17.4 Å². The van der Waals surface area contributed by atoms with E-state index in [0.29, 0.717) is 60.0 Å². The largest absolute Gasteiger partial charge is 0.458 e. The van der Waals surface area contributed by atoms with Crippen LogP contribution in [0.25, 0.3) is 0 Å². The normalized spacial score (nSPS) is 13.1. The van der Waals surface area contributed by atoms with Crippen LogP contribution in [0.5, 0.6) is 0 Å². The number of ether oxygens (including phenoxy) is 4. The number of rotatable bonds is 44. The summed E-state index contributed by atoms with van der Waals surface area (Å²) >= 11 is 6.95. The van der Waals surface area contributed by atoms with Gasteiger partial charge in [-0.1, -0.05) is 198 Å². The Bertz CT molecular complexity index is 3050. The second-order valence-electron chi connectivity index (χ2n) is 29.5. The number of amides is 5. The van der Waals surface area contributed by atoms with E-state index in [2.05, 4.69) is 26.6 Å². The maximum atomic E-state index is 14.8. The lowest BCUT2D eigenvalue weighted by Crippen LogP contribution is -2.48. The number of esters is 2. The molecule has 0 aliphatic heterocycles. The zero-order valence-electron chi connectivity index (χ0n) is 61.3. The standard InChI is InChI=1S/C78H117ClN5O14P/c1-74(2,3)94-70(88)66(82-68(86)52-34-23-21-19-17-15-13-14-16-18-20-22-24-41-57-99(92,97-76(7,8)9)98-77(10,11)12)53-54-67(85)80-55-39-37-50-64(83-73(91)96-75(4,5)6)69(87)81-56-40-38-51-65(84-72(90)93-58-59-42-28-25-29-43-59)71(89)95-78(60-44-30-26-31-45-60,61-46-32-27-33-47-61)62-48-35-36-49-63(62)79/h25-33,35-36,42-49,64-66H,13-24,34,37-41,50-58H2,1-12H3,(H,80,85)(H,81,87)(H,82,86)(H,83,91)(H,84,90)/t64-,65-,66-/m0/s1. The van der Waals surface area contributed by atoms with Gasteiger partial charge in [0, 0.05) is 47.6 Å². The minimum Gasteiger partial charge on any atom is -0.458 e. The Hall–Kier alpha value is -6.79. The number of hydrogen-bond donors (Lipinski definition) is 5. The first-order valence-corrected chi connectivity index (χ1v) is 38.0. The molecule has 0 radical (unpaired) electrons. The smallest absolute Gasteiger partial charge is 0.408 e. The number of carbonyl (C=O) groups is 7. The van der Waals surface area contributed by atoms with Crippen molar-refractivity contribution in [2.45, 2.75) is 284 Å². The van der Waals surface area contributed by atoms with Crippen molar-refractivity contribution < 1.29 is 66.1 Å². The monoisotopic (exact) mass is 1410 g/mol. The van der Waals surface area contributed by atoms with Gasteiger partial charge >= 0.3 is 31.7 Å². The summed E-state index contributed by atoms with van der Waals surface area (Å²) in [4.78, 5) is 94.9. The number of benzene rings is 4. The summed E-state index contributed by atoms with van der Waals surface area (Å²) in [7, 11) is -3.18. The Morgan fingerprint density at radius 3 is 1.35 bits per heavy atom. The molecule has 3 atom stereocenters. The minimum absolute atomic E-state index is 0.0371. The Labute approximate surface area is 596 Å². The average molecular weight is 1420 g/mol. The van der Waals surface area contributed by atoms with Crippen LogP contribution < -0.4 is 26.6 Å². The van der Waals surface area contributed by atoms with Gasteiger partial charge in [0.2, 0.25) is 17.7 Å². The molecular weight excluding hydrogens is 1300 g/mol. The number of halogens is 1. The molecule has 5 amide bonds. The quantitative estimate of drug-likeness (QED) is 0.00908. The van der Waals surface area contributed by atoms with Crippen LogP contribution in [-0.2, 0) is 68.7 Å². The molecule has 21 heteroatoms. The third kappa shape index (κ3) is 35.4. The van der Waals surface area contributed by atoms with Gasteiger partial charge in [-0.2, -0.15) is 0 Å². The minimum atomic E-state index is -3.18. The lowest BCUT2D eigenvalue weighted by atomic mass is 9.80. The van der Waals surface area contributed by atoms with E-state index < -0.39 is 83.8 Å². The van der Waals surface area contributed by atoms with Crippen LogP contribution in [0, 0.1) is 0 Å². The van der Waals surface area contributed by atoms with E-state index in [4.69, 9.17) is 39.6 Å². The van der Waals surface area contributed by atoms with Crippen molar-refractivity contribution in [3.63, 3.8) is 0 Å². The maximum Gasteiger partial charge on any atom is 0.408 e. The summed E-state index contributed by atoms with van der Waals surface area (Å²) in [5.41, 5.74) is -1.78. The van der Waals surface area contributed by atoms with Crippen molar-refractivity contribution in [3.8, 4) is 0 Å². The number of unbranched alkanes of at least 4 members (excludes halogenated alkanes) is 15. The fraction of sp³-hybridized carbons (Fsp3) is 0.603. The molecule has 0 saturated heterocycles. The first-order chi connectivity index (χ1) is 46.8. The molecule has 0 bridgehead atoms. The van der Waals surface area contributed by atoms with E-state index in [-0.39, 0.29) is 63.6 Å². The summed E-state index contributed by atoms with van der Waals surface area (Å²) in [6.07, 6.45) is 15.9. The molecule has 0 aliphatic rings. The molecule has 19 nitrogen and oxygen atoms in total. The zero-order valence-corrected chi connectivity index (χ0v) is 63.0. The summed E-state index contributed by atoms with van der Waals surface area (Å²) in [5.74, 6) is -2.43. The van der Waals surface area contributed by atoms with Gasteiger partial charge in [0.1, 0.15) is 35.9 Å². The van der Waals surface area contributed by atoms with Gasteiger partial charge in [0.15, 0.2) is 5.60 Å².